The van der Waals surface area contributed by atoms with Crippen LogP contribution < -0.4 is 5.32 Å². The Morgan fingerprint density at radius 3 is 2.15 bits per heavy atom. The van der Waals surface area contributed by atoms with E-state index in [9.17, 15) is 0 Å². The van der Waals surface area contributed by atoms with Crippen LogP contribution in [0.3, 0.4) is 0 Å². The fourth-order valence-corrected chi connectivity index (χ4v) is 2.10. The van der Waals surface area contributed by atoms with Gasteiger partial charge >= 0.3 is 0 Å². The van der Waals surface area contributed by atoms with E-state index in [-0.39, 0.29) is 12.4 Å². The SMILES string of the molecule is Cl.c1ccc2c(c1)C1CNCC2O1. The molecule has 0 aromatic heterocycles. The number of benzene rings is 1. The van der Waals surface area contributed by atoms with Crippen LogP contribution >= 0.6 is 12.4 Å². The summed E-state index contributed by atoms with van der Waals surface area (Å²) in [7, 11) is 0. The Bertz CT molecular complexity index is 287. The van der Waals surface area contributed by atoms with Gasteiger partial charge in [0.15, 0.2) is 0 Å². The quantitative estimate of drug-likeness (QED) is 0.685. The number of rotatable bonds is 0. The minimum absolute atomic E-state index is 0. The van der Waals surface area contributed by atoms with Crippen molar-refractivity contribution in [2.75, 3.05) is 13.1 Å². The highest BCUT2D eigenvalue weighted by atomic mass is 35.5. The molecule has 0 radical (unpaired) electrons. The second-order valence-electron chi connectivity index (χ2n) is 3.40. The highest BCUT2D eigenvalue weighted by Gasteiger charge is 2.34. The van der Waals surface area contributed by atoms with Gasteiger partial charge in [-0.2, -0.15) is 0 Å². The van der Waals surface area contributed by atoms with E-state index in [2.05, 4.69) is 29.6 Å². The Morgan fingerprint density at radius 2 is 1.62 bits per heavy atom. The van der Waals surface area contributed by atoms with E-state index in [4.69, 9.17) is 4.74 Å². The molecule has 1 N–H and O–H groups in total. The number of nitrogens with one attached hydrogen (secondary N) is 1. The van der Waals surface area contributed by atoms with Crippen molar-refractivity contribution in [1.82, 2.24) is 5.32 Å². The standard InChI is InChI=1S/C10H11NO.ClH/c1-2-4-8-7(3-1)9-5-11-6-10(8)12-9;/h1-4,9-11H,5-6H2;1H. The molecule has 2 bridgehead atoms. The van der Waals surface area contributed by atoms with E-state index in [1.807, 2.05) is 0 Å². The maximum atomic E-state index is 5.81. The maximum absolute atomic E-state index is 5.81. The second-order valence-corrected chi connectivity index (χ2v) is 3.40. The van der Waals surface area contributed by atoms with Gasteiger partial charge in [-0.15, -0.1) is 12.4 Å². The lowest BCUT2D eigenvalue weighted by atomic mass is 10.0. The summed E-state index contributed by atoms with van der Waals surface area (Å²) < 4.78 is 5.81. The summed E-state index contributed by atoms with van der Waals surface area (Å²) in [6, 6.07) is 8.52. The minimum atomic E-state index is 0. The minimum Gasteiger partial charge on any atom is -0.363 e. The predicted octanol–water partition coefficient (Wildman–Crippen LogP) is 1.82. The van der Waals surface area contributed by atoms with Gasteiger partial charge in [0, 0.05) is 13.1 Å². The van der Waals surface area contributed by atoms with Crippen molar-refractivity contribution in [3.63, 3.8) is 0 Å². The Balaban J connectivity index is 0.000000653. The summed E-state index contributed by atoms with van der Waals surface area (Å²) >= 11 is 0. The zero-order valence-corrected chi connectivity index (χ0v) is 8.01. The van der Waals surface area contributed by atoms with Crippen molar-refractivity contribution in [1.29, 1.82) is 0 Å². The molecule has 1 fully saturated rings. The van der Waals surface area contributed by atoms with E-state index < -0.39 is 0 Å². The molecular formula is C10H12ClNO. The van der Waals surface area contributed by atoms with E-state index in [1.54, 1.807) is 0 Å². The summed E-state index contributed by atoms with van der Waals surface area (Å²) in [5.41, 5.74) is 2.76. The summed E-state index contributed by atoms with van der Waals surface area (Å²) in [6.07, 6.45) is 0.611. The van der Waals surface area contributed by atoms with Crippen LogP contribution in [0, 0.1) is 0 Å². The molecule has 0 amide bonds. The van der Waals surface area contributed by atoms with Crippen molar-refractivity contribution in [2.24, 2.45) is 0 Å². The van der Waals surface area contributed by atoms with E-state index in [0.29, 0.717) is 12.2 Å². The van der Waals surface area contributed by atoms with Crippen molar-refractivity contribution in [2.45, 2.75) is 12.2 Å². The number of hydrogen-bond donors (Lipinski definition) is 1. The number of morpholine rings is 1. The van der Waals surface area contributed by atoms with Crippen LogP contribution in [0.5, 0.6) is 0 Å². The van der Waals surface area contributed by atoms with Gasteiger partial charge in [-0.1, -0.05) is 24.3 Å². The zero-order chi connectivity index (χ0) is 7.97. The van der Waals surface area contributed by atoms with Gasteiger partial charge in [0.2, 0.25) is 0 Å². The van der Waals surface area contributed by atoms with E-state index >= 15 is 0 Å². The fourth-order valence-electron chi connectivity index (χ4n) is 2.10. The Hall–Kier alpha value is -0.570. The molecule has 2 atom stereocenters. The van der Waals surface area contributed by atoms with Gasteiger partial charge < -0.3 is 10.1 Å². The first-order chi connectivity index (χ1) is 5.95. The molecule has 70 valence electrons. The highest BCUT2D eigenvalue weighted by Crippen LogP contribution is 2.40. The summed E-state index contributed by atoms with van der Waals surface area (Å²) in [5.74, 6) is 0. The Kier molecular flexibility index (Phi) is 2.28. The summed E-state index contributed by atoms with van der Waals surface area (Å²) in [6.45, 7) is 1.93. The zero-order valence-electron chi connectivity index (χ0n) is 7.19. The average molecular weight is 198 g/mol. The van der Waals surface area contributed by atoms with Gasteiger partial charge in [0.25, 0.3) is 0 Å². The molecule has 3 heteroatoms. The topological polar surface area (TPSA) is 21.3 Å². The molecule has 3 rings (SSSR count). The highest BCUT2D eigenvalue weighted by molar-refractivity contribution is 5.85. The first-order valence-corrected chi connectivity index (χ1v) is 4.40. The van der Waals surface area contributed by atoms with Crippen LogP contribution in [0.15, 0.2) is 24.3 Å². The molecule has 1 saturated heterocycles. The third kappa shape index (κ3) is 1.26. The molecule has 13 heavy (non-hydrogen) atoms. The molecule has 1 aromatic rings. The molecule has 2 aliphatic heterocycles. The molecule has 2 unspecified atom stereocenters. The van der Waals surface area contributed by atoms with E-state index in [0.717, 1.165) is 13.1 Å². The number of hydrogen-bond acceptors (Lipinski definition) is 2. The number of halogens is 1. The van der Waals surface area contributed by atoms with Crippen LogP contribution in [0.4, 0.5) is 0 Å². The van der Waals surface area contributed by atoms with Gasteiger partial charge in [-0.25, -0.2) is 0 Å². The largest absolute Gasteiger partial charge is 0.363 e. The summed E-state index contributed by atoms with van der Waals surface area (Å²) in [4.78, 5) is 0. The number of ether oxygens (including phenoxy) is 1. The third-order valence-corrected chi connectivity index (χ3v) is 2.68. The van der Waals surface area contributed by atoms with E-state index in [1.165, 1.54) is 11.1 Å². The van der Waals surface area contributed by atoms with Gasteiger partial charge in [0.05, 0.1) is 12.2 Å². The monoisotopic (exact) mass is 197 g/mol. The molecule has 0 aliphatic carbocycles. The molecule has 0 spiro atoms. The fraction of sp³-hybridized carbons (Fsp3) is 0.400. The van der Waals surface area contributed by atoms with Gasteiger partial charge in [-0.3, -0.25) is 0 Å². The van der Waals surface area contributed by atoms with Crippen molar-refractivity contribution in [3.8, 4) is 0 Å². The lowest BCUT2D eigenvalue weighted by Gasteiger charge is -2.21. The number of fused-ring (bicyclic) bond motifs is 5. The molecule has 2 aliphatic rings. The Labute approximate surface area is 83.7 Å². The van der Waals surface area contributed by atoms with Crippen molar-refractivity contribution in [3.05, 3.63) is 35.4 Å². The predicted molar refractivity (Wildman–Crippen MR) is 53.1 cm³/mol. The normalized spacial score (nSPS) is 29.2. The van der Waals surface area contributed by atoms with Crippen LogP contribution in [0.25, 0.3) is 0 Å². The van der Waals surface area contributed by atoms with Crippen LogP contribution in [0.2, 0.25) is 0 Å². The second kappa shape index (κ2) is 3.29. The average Bonchev–Trinajstić information content (AvgIpc) is 2.41. The first kappa shape index (κ1) is 9.00. The maximum Gasteiger partial charge on any atom is 0.0961 e. The lowest BCUT2D eigenvalue weighted by molar-refractivity contribution is -0.0149. The van der Waals surface area contributed by atoms with Crippen LogP contribution in [-0.2, 0) is 4.74 Å². The third-order valence-electron chi connectivity index (χ3n) is 2.68. The molecule has 2 heterocycles. The summed E-state index contributed by atoms with van der Waals surface area (Å²) in [5, 5.41) is 3.37. The van der Waals surface area contributed by atoms with Gasteiger partial charge in [0.1, 0.15) is 0 Å². The van der Waals surface area contributed by atoms with Crippen molar-refractivity contribution < 1.29 is 4.74 Å². The smallest absolute Gasteiger partial charge is 0.0961 e. The van der Waals surface area contributed by atoms with Crippen LogP contribution in [0.1, 0.15) is 23.3 Å². The Morgan fingerprint density at radius 1 is 1.08 bits per heavy atom. The first-order valence-electron chi connectivity index (χ1n) is 4.40. The molecule has 0 saturated carbocycles. The van der Waals surface area contributed by atoms with Gasteiger partial charge in [-0.05, 0) is 11.1 Å². The van der Waals surface area contributed by atoms with Crippen LogP contribution in [-0.4, -0.2) is 13.1 Å². The lowest BCUT2D eigenvalue weighted by Crippen LogP contribution is -2.30. The van der Waals surface area contributed by atoms with Crippen molar-refractivity contribution >= 4 is 12.4 Å². The molecular weight excluding hydrogens is 186 g/mol. The molecule has 2 nitrogen and oxygen atoms in total. The molecule has 1 aromatic carbocycles.